The Hall–Kier alpha value is -1.99. The predicted molar refractivity (Wildman–Crippen MR) is 65.3 cm³/mol. The van der Waals surface area contributed by atoms with Gasteiger partial charge in [-0.05, 0) is 24.6 Å². The summed E-state index contributed by atoms with van der Waals surface area (Å²) < 4.78 is 22.4. The minimum atomic E-state index is -1.83. The van der Waals surface area contributed by atoms with Crippen molar-refractivity contribution >= 4 is 11.9 Å². The summed E-state index contributed by atoms with van der Waals surface area (Å²) in [6.45, 7) is 1.59. The summed E-state index contributed by atoms with van der Waals surface area (Å²) in [5.74, 6) is -2.77. The molecule has 0 radical (unpaired) electrons. The fourth-order valence-electron chi connectivity index (χ4n) is 1.53. The average Bonchev–Trinajstić information content (AvgIpc) is 2.45. The number of carbonyl (C=O) groups is 2. The van der Waals surface area contributed by atoms with Crippen molar-refractivity contribution in [2.75, 3.05) is 13.7 Å². The lowest BCUT2D eigenvalue weighted by Gasteiger charge is -2.17. The molecule has 0 heterocycles. The van der Waals surface area contributed by atoms with Crippen LogP contribution in [-0.4, -0.2) is 42.0 Å². The molecule has 2 atom stereocenters. The highest BCUT2D eigenvalue weighted by molar-refractivity contribution is 5.89. The summed E-state index contributed by atoms with van der Waals surface area (Å²) >= 11 is 0. The molecule has 0 spiro atoms. The number of rotatable bonds is 5. The Morgan fingerprint density at radius 3 is 2.55 bits per heavy atom. The summed E-state index contributed by atoms with van der Waals surface area (Å²) in [5, 5.41) is 19.4. The lowest BCUT2D eigenvalue weighted by Crippen LogP contribution is -2.30. The third-order valence-electron chi connectivity index (χ3n) is 2.56. The molecular formula is C13H15FO6. The van der Waals surface area contributed by atoms with Gasteiger partial charge < -0.3 is 19.7 Å². The van der Waals surface area contributed by atoms with E-state index in [0.29, 0.717) is 0 Å². The fraction of sp³-hybridized carbons (Fsp3) is 0.385. The van der Waals surface area contributed by atoms with E-state index in [-0.39, 0.29) is 12.2 Å². The molecule has 2 unspecified atom stereocenters. The zero-order valence-corrected chi connectivity index (χ0v) is 11.0. The van der Waals surface area contributed by atoms with Gasteiger partial charge in [-0.3, -0.25) is 0 Å². The summed E-state index contributed by atoms with van der Waals surface area (Å²) in [6.07, 6.45) is -3.47. The normalized spacial score (nSPS) is 13.4. The number of aliphatic hydroxyl groups is 2. The molecule has 110 valence electrons. The first-order valence-electron chi connectivity index (χ1n) is 5.82. The lowest BCUT2D eigenvalue weighted by molar-refractivity contribution is -0.159. The molecule has 1 aromatic carbocycles. The maximum Gasteiger partial charge on any atom is 0.340 e. The second kappa shape index (κ2) is 6.97. The van der Waals surface area contributed by atoms with Crippen molar-refractivity contribution in [1.82, 2.24) is 0 Å². The molecule has 0 aliphatic heterocycles. The van der Waals surface area contributed by atoms with E-state index in [0.717, 1.165) is 25.3 Å². The number of carbonyl (C=O) groups excluding carboxylic acids is 2. The summed E-state index contributed by atoms with van der Waals surface area (Å²) in [6, 6.07) is 3.09. The fourth-order valence-corrected chi connectivity index (χ4v) is 1.53. The van der Waals surface area contributed by atoms with Crippen LogP contribution in [0.2, 0.25) is 0 Å². The minimum absolute atomic E-state index is 0.00708. The van der Waals surface area contributed by atoms with Crippen LogP contribution in [-0.2, 0) is 14.3 Å². The van der Waals surface area contributed by atoms with Crippen molar-refractivity contribution in [2.24, 2.45) is 0 Å². The second-order valence-corrected chi connectivity index (χ2v) is 3.87. The van der Waals surface area contributed by atoms with Crippen molar-refractivity contribution in [3.8, 4) is 0 Å². The molecule has 0 aliphatic carbocycles. The van der Waals surface area contributed by atoms with E-state index < -0.39 is 35.5 Å². The molecule has 6 nitrogen and oxygen atoms in total. The van der Waals surface area contributed by atoms with Crippen molar-refractivity contribution in [2.45, 2.75) is 19.1 Å². The number of hydrogen-bond acceptors (Lipinski definition) is 6. The van der Waals surface area contributed by atoms with Crippen molar-refractivity contribution < 1.29 is 33.7 Å². The summed E-state index contributed by atoms with van der Waals surface area (Å²) in [7, 11) is 1.08. The van der Waals surface area contributed by atoms with E-state index in [4.69, 9.17) is 0 Å². The number of benzene rings is 1. The summed E-state index contributed by atoms with van der Waals surface area (Å²) in [5.41, 5.74) is -0.410. The maximum absolute atomic E-state index is 13.4. The number of hydrogen-bond donors (Lipinski definition) is 2. The van der Waals surface area contributed by atoms with Gasteiger partial charge in [0, 0.05) is 0 Å². The Kier molecular flexibility index (Phi) is 5.60. The summed E-state index contributed by atoms with van der Waals surface area (Å²) in [4.78, 5) is 22.6. The molecule has 0 saturated heterocycles. The monoisotopic (exact) mass is 286 g/mol. The third kappa shape index (κ3) is 3.52. The Labute approximate surface area is 114 Å². The van der Waals surface area contributed by atoms with Gasteiger partial charge in [0.1, 0.15) is 11.9 Å². The Balaban J connectivity index is 3.02. The number of methoxy groups -OCH3 is 1. The standard InChI is InChI=1S/C13H15FO6/c1-3-20-13(18)11(16)10(15)7-4-5-9(14)8(6-7)12(17)19-2/h4-6,10-11,15-16H,3H2,1-2H3. The van der Waals surface area contributed by atoms with Crippen LogP contribution in [0, 0.1) is 5.82 Å². The van der Waals surface area contributed by atoms with Gasteiger partial charge in [0.2, 0.25) is 0 Å². The zero-order valence-electron chi connectivity index (χ0n) is 11.0. The molecule has 0 aromatic heterocycles. The largest absolute Gasteiger partial charge is 0.465 e. The SMILES string of the molecule is CCOC(=O)C(O)C(O)c1ccc(F)c(C(=O)OC)c1. The first-order valence-corrected chi connectivity index (χ1v) is 5.82. The molecule has 0 amide bonds. The Morgan fingerprint density at radius 1 is 1.35 bits per heavy atom. The van der Waals surface area contributed by atoms with Crippen LogP contribution in [0.25, 0.3) is 0 Å². The maximum atomic E-state index is 13.4. The van der Waals surface area contributed by atoms with E-state index in [1.807, 2.05) is 0 Å². The molecule has 0 bridgehead atoms. The smallest absolute Gasteiger partial charge is 0.340 e. The van der Waals surface area contributed by atoms with E-state index in [1.54, 1.807) is 6.92 Å². The first kappa shape index (κ1) is 16.1. The minimum Gasteiger partial charge on any atom is -0.465 e. The highest BCUT2D eigenvalue weighted by Crippen LogP contribution is 2.21. The van der Waals surface area contributed by atoms with Gasteiger partial charge in [-0.2, -0.15) is 0 Å². The van der Waals surface area contributed by atoms with Crippen molar-refractivity contribution in [1.29, 1.82) is 0 Å². The number of esters is 2. The number of halogens is 1. The highest BCUT2D eigenvalue weighted by atomic mass is 19.1. The van der Waals surface area contributed by atoms with Gasteiger partial charge in [0.15, 0.2) is 6.10 Å². The van der Waals surface area contributed by atoms with Crippen LogP contribution < -0.4 is 0 Å². The van der Waals surface area contributed by atoms with Gasteiger partial charge in [0.25, 0.3) is 0 Å². The first-order chi connectivity index (χ1) is 9.42. The molecule has 1 aromatic rings. The van der Waals surface area contributed by atoms with E-state index in [1.165, 1.54) is 0 Å². The molecule has 2 N–H and O–H groups in total. The number of ether oxygens (including phenoxy) is 2. The van der Waals surface area contributed by atoms with Gasteiger partial charge in [0.05, 0.1) is 19.3 Å². The molecule has 1 rings (SSSR count). The van der Waals surface area contributed by atoms with Crippen LogP contribution in [0.1, 0.15) is 28.9 Å². The average molecular weight is 286 g/mol. The zero-order chi connectivity index (χ0) is 15.3. The lowest BCUT2D eigenvalue weighted by atomic mass is 10.0. The van der Waals surface area contributed by atoms with E-state index >= 15 is 0 Å². The van der Waals surface area contributed by atoms with Gasteiger partial charge >= 0.3 is 11.9 Å². The molecule has 0 saturated carbocycles. The molecule has 20 heavy (non-hydrogen) atoms. The number of aliphatic hydroxyl groups excluding tert-OH is 2. The van der Waals surface area contributed by atoms with E-state index in [9.17, 15) is 24.2 Å². The molecule has 0 aliphatic rings. The molecule has 0 fully saturated rings. The van der Waals surface area contributed by atoms with Crippen LogP contribution in [0.15, 0.2) is 18.2 Å². The van der Waals surface area contributed by atoms with Crippen LogP contribution in [0.4, 0.5) is 4.39 Å². The van der Waals surface area contributed by atoms with Gasteiger partial charge in [-0.15, -0.1) is 0 Å². The van der Waals surface area contributed by atoms with E-state index in [2.05, 4.69) is 9.47 Å². The van der Waals surface area contributed by atoms with Crippen LogP contribution in [0.3, 0.4) is 0 Å². The van der Waals surface area contributed by atoms with Crippen LogP contribution in [0.5, 0.6) is 0 Å². The molecular weight excluding hydrogens is 271 g/mol. The Morgan fingerprint density at radius 2 is 2.00 bits per heavy atom. The second-order valence-electron chi connectivity index (χ2n) is 3.87. The predicted octanol–water partition coefficient (Wildman–Crippen LogP) is 0.570. The highest BCUT2D eigenvalue weighted by Gasteiger charge is 2.28. The molecule has 7 heteroatoms. The Bertz CT molecular complexity index is 502. The van der Waals surface area contributed by atoms with Crippen LogP contribution >= 0.6 is 0 Å². The van der Waals surface area contributed by atoms with Crippen molar-refractivity contribution in [3.63, 3.8) is 0 Å². The third-order valence-corrected chi connectivity index (χ3v) is 2.56. The van der Waals surface area contributed by atoms with Gasteiger partial charge in [-0.25, -0.2) is 14.0 Å². The van der Waals surface area contributed by atoms with Gasteiger partial charge in [-0.1, -0.05) is 6.07 Å². The van der Waals surface area contributed by atoms with Crippen molar-refractivity contribution in [3.05, 3.63) is 35.1 Å². The quantitative estimate of drug-likeness (QED) is 0.769. The topological polar surface area (TPSA) is 93.1 Å².